The first-order valence-corrected chi connectivity index (χ1v) is 11.8. The van der Waals surface area contributed by atoms with Crippen molar-refractivity contribution in [3.05, 3.63) is 58.2 Å². The highest BCUT2D eigenvalue weighted by atomic mass is 16.3. The maximum absolute atomic E-state index is 11.9. The molecule has 0 bridgehead atoms. The topological polar surface area (TPSA) is 40.5 Å². The Balaban J connectivity index is 4.20. The van der Waals surface area contributed by atoms with Gasteiger partial charge in [0, 0.05) is 19.7 Å². The first-order chi connectivity index (χ1) is 14.6. The van der Waals surface area contributed by atoms with Gasteiger partial charge in [0.25, 0.3) is 0 Å². The van der Waals surface area contributed by atoms with Crippen LogP contribution in [0.4, 0.5) is 0 Å². The molecule has 0 atom stereocenters. The first kappa shape index (κ1) is 29.1. The molecule has 0 aromatic heterocycles. The molecule has 0 saturated carbocycles. The maximum Gasteiger partial charge on any atom is 0.246 e. The van der Waals surface area contributed by atoms with E-state index in [4.69, 9.17) is 5.11 Å². The van der Waals surface area contributed by atoms with Crippen LogP contribution in [0.3, 0.4) is 0 Å². The number of rotatable bonds is 15. The molecule has 0 rings (SSSR count). The molecule has 0 aromatic rings. The summed E-state index contributed by atoms with van der Waals surface area (Å²) in [4.78, 5) is 13.5. The number of aliphatic hydroxyl groups excluding tert-OH is 1. The van der Waals surface area contributed by atoms with Crippen molar-refractivity contribution in [3.8, 4) is 0 Å². The monoisotopic (exact) mass is 429 g/mol. The van der Waals surface area contributed by atoms with Gasteiger partial charge in [0.15, 0.2) is 0 Å². The van der Waals surface area contributed by atoms with E-state index in [-0.39, 0.29) is 12.5 Å². The molecule has 0 aliphatic rings. The molecule has 1 amide bonds. The van der Waals surface area contributed by atoms with E-state index in [2.05, 4.69) is 58.9 Å². The summed E-state index contributed by atoms with van der Waals surface area (Å²) in [6, 6.07) is 0. The van der Waals surface area contributed by atoms with E-state index in [1.54, 1.807) is 18.0 Å². The third-order valence-corrected chi connectivity index (χ3v) is 5.37. The van der Waals surface area contributed by atoms with Crippen LogP contribution in [0.25, 0.3) is 0 Å². The van der Waals surface area contributed by atoms with Gasteiger partial charge in [-0.05, 0) is 92.9 Å². The van der Waals surface area contributed by atoms with Crippen LogP contribution in [-0.2, 0) is 4.79 Å². The lowest BCUT2D eigenvalue weighted by Gasteiger charge is -2.13. The molecule has 0 unspecified atom stereocenters. The highest BCUT2D eigenvalue weighted by Gasteiger charge is 2.04. The Bertz CT molecular complexity index is 673. The van der Waals surface area contributed by atoms with Gasteiger partial charge in [-0.3, -0.25) is 4.79 Å². The zero-order chi connectivity index (χ0) is 23.6. The first-order valence-electron chi connectivity index (χ1n) is 11.8. The Morgan fingerprint density at radius 1 is 0.677 bits per heavy atom. The summed E-state index contributed by atoms with van der Waals surface area (Å²) in [7, 11) is 1.71. The summed E-state index contributed by atoms with van der Waals surface area (Å²) < 4.78 is 0. The van der Waals surface area contributed by atoms with Crippen LogP contribution in [0.15, 0.2) is 58.2 Å². The van der Waals surface area contributed by atoms with E-state index in [1.165, 1.54) is 28.7 Å². The van der Waals surface area contributed by atoms with Gasteiger partial charge < -0.3 is 10.0 Å². The zero-order valence-corrected chi connectivity index (χ0v) is 21.3. The van der Waals surface area contributed by atoms with Gasteiger partial charge in [-0.2, -0.15) is 0 Å². The molecule has 0 aliphatic heterocycles. The van der Waals surface area contributed by atoms with E-state index >= 15 is 0 Å². The second kappa shape index (κ2) is 17.8. The number of amides is 1. The van der Waals surface area contributed by atoms with Crippen molar-refractivity contribution < 1.29 is 9.90 Å². The highest BCUT2D eigenvalue weighted by molar-refractivity contribution is 5.88. The Morgan fingerprint density at radius 2 is 1.06 bits per heavy atom. The normalized spacial score (nSPS) is 13.4. The quantitative estimate of drug-likeness (QED) is 0.219. The Hall–Kier alpha value is -1.87. The van der Waals surface area contributed by atoms with Crippen LogP contribution in [0.5, 0.6) is 0 Å². The number of likely N-dealkylation sites (N-methyl/N-ethyl adjacent to an activating group) is 1. The number of carbonyl (C=O) groups excluding carboxylic acids is 1. The van der Waals surface area contributed by atoms with E-state index in [0.717, 1.165) is 50.5 Å². The van der Waals surface area contributed by atoms with Crippen molar-refractivity contribution in [1.82, 2.24) is 4.90 Å². The minimum absolute atomic E-state index is 0.00206. The van der Waals surface area contributed by atoms with E-state index in [9.17, 15) is 4.79 Å². The standard InChI is InChI=1S/C28H47NO2/c1-23(2)12-8-13-24(3)14-9-15-25(4)16-10-17-26(5)18-11-19-27(6)22-28(31)29(7)20-21-30/h12,14,16,18,22,30H,8-11,13,15,17,19-21H2,1-7H3/b24-14+,25-16+,26-18+,27-22+. The SMILES string of the molecule is CC(C)=CCC/C(C)=C/CC/C(C)=C/CC/C(C)=C/CC/C(C)=C/C(=O)N(C)CCO. The summed E-state index contributed by atoms with van der Waals surface area (Å²) in [5.41, 5.74) is 6.87. The second-order valence-corrected chi connectivity index (χ2v) is 9.06. The fraction of sp³-hybridized carbons (Fsp3) is 0.607. The summed E-state index contributed by atoms with van der Waals surface area (Å²) in [6.07, 6.45) is 19.7. The molecule has 3 heteroatoms. The van der Waals surface area contributed by atoms with Crippen molar-refractivity contribution in [2.75, 3.05) is 20.2 Å². The number of nitrogens with zero attached hydrogens (tertiary/aromatic N) is 1. The molecule has 0 heterocycles. The minimum atomic E-state index is -0.0363. The number of carbonyl (C=O) groups is 1. The molecule has 0 aliphatic carbocycles. The van der Waals surface area contributed by atoms with E-state index in [0.29, 0.717) is 6.54 Å². The Kier molecular flexibility index (Phi) is 16.7. The molecular formula is C28H47NO2. The molecule has 176 valence electrons. The molecule has 3 nitrogen and oxygen atoms in total. The van der Waals surface area contributed by atoms with Crippen molar-refractivity contribution in [1.29, 1.82) is 0 Å². The predicted octanol–water partition coefficient (Wildman–Crippen LogP) is 7.31. The van der Waals surface area contributed by atoms with Crippen molar-refractivity contribution >= 4 is 5.91 Å². The Morgan fingerprint density at radius 3 is 1.45 bits per heavy atom. The third-order valence-electron chi connectivity index (χ3n) is 5.37. The number of allylic oxidation sites excluding steroid dienone is 9. The number of aliphatic hydroxyl groups is 1. The summed E-state index contributed by atoms with van der Waals surface area (Å²) in [5, 5.41) is 8.90. The lowest BCUT2D eigenvalue weighted by Crippen LogP contribution is -2.27. The largest absolute Gasteiger partial charge is 0.395 e. The zero-order valence-electron chi connectivity index (χ0n) is 21.3. The van der Waals surface area contributed by atoms with Gasteiger partial charge in [0.1, 0.15) is 0 Å². The van der Waals surface area contributed by atoms with Crippen LogP contribution < -0.4 is 0 Å². The van der Waals surface area contributed by atoms with Crippen molar-refractivity contribution in [2.24, 2.45) is 0 Å². The van der Waals surface area contributed by atoms with Crippen LogP contribution in [0.2, 0.25) is 0 Å². The summed E-state index contributed by atoms with van der Waals surface area (Å²) in [6.45, 7) is 13.4. The molecule has 0 aromatic carbocycles. The van der Waals surface area contributed by atoms with Gasteiger partial charge in [0.2, 0.25) is 5.91 Å². The van der Waals surface area contributed by atoms with E-state index in [1.807, 2.05) is 6.92 Å². The van der Waals surface area contributed by atoms with Gasteiger partial charge in [0.05, 0.1) is 6.61 Å². The second-order valence-electron chi connectivity index (χ2n) is 9.06. The minimum Gasteiger partial charge on any atom is -0.395 e. The number of hydrogen-bond acceptors (Lipinski definition) is 2. The van der Waals surface area contributed by atoms with Crippen LogP contribution in [0.1, 0.15) is 92.9 Å². The van der Waals surface area contributed by atoms with Gasteiger partial charge in [-0.15, -0.1) is 0 Å². The van der Waals surface area contributed by atoms with Crippen LogP contribution in [0, 0.1) is 0 Å². The van der Waals surface area contributed by atoms with Gasteiger partial charge in [-0.25, -0.2) is 0 Å². The average molecular weight is 430 g/mol. The highest BCUT2D eigenvalue weighted by Crippen LogP contribution is 2.14. The third kappa shape index (κ3) is 17.5. The lowest BCUT2D eigenvalue weighted by molar-refractivity contribution is -0.125. The average Bonchev–Trinajstić information content (AvgIpc) is 2.67. The van der Waals surface area contributed by atoms with Crippen molar-refractivity contribution in [2.45, 2.75) is 92.9 Å². The fourth-order valence-corrected chi connectivity index (χ4v) is 3.19. The molecule has 0 radical (unpaired) electrons. The lowest BCUT2D eigenvalue weighted by atomic mass is 10.0. The summed E-state index contributed by atoms with van der Waals surface area (Å²) >= 11 is 0. The van der Waals surface area contributed by atoms with Crippen molar-refractivity contribution in [3.63, 3.8) is 0 Å². The smallest absolute Gasteiger partial charge is 0.246 e. The molecule has 1 N–H and O–H groups in total. The molecule has 0 fully saturated rings. The predicted molar refractivity (Wildman–Crippen MR) is 136 cm³/mol. The summed E-state index contributed by atoms with van der Waals surface area (Å²) in [5.74, 6) is -0.0363. The van der Waals surface area contributed by atoms with Crippen LogP contribution in [-0.4, -0.2) is 36.1 Å². The molecular weight excluding hydrogens is 382 g/mol. The molecule has 0 spiro atoms. The van der Waals surface area contributed by atoms with Gasteiger partial charge >= 0.3 is 0 Å². The molecule has 31 heavy (non-hydrogen) atoms. The number of hydrogen-bond donors (Lipinski definition) is 1. The van der Waals surface area contributed by atoms with E-state index < -0.39 is 0 Å². The fourth-order valence-electron chi connectivity index (χ4n) is 3.19. The van der Waals surface area contributed by atoms with Gasteiger partial charge in [-0.1, -0.05) is 52.2 Å². The maximum atomic E-state index is 11.9. The van der Waals surface area contributed by atoms with Crippen LogP contribution >= 0.6 is 0 Å². The Labute approximate surface area is 192 Å². The molecule has 0 saturated heterocycles.